The lowest BCUT2D eigenvalue weighted by Gasteiger charge is -2.39. The molecule has 2 aromatic rings. The molecule has 4 rings (SSSR count). The minimum Gasteiger partial charge on any atom is -0.0645 e. The van der Waals surface area contributed by atoms with Crippen LogP contribution >= 0.6 is 0 Å². The van der Waals surface area contributed by atoms with E-state index in [1.807, 2.05) is 0 Å². The second-order valence-corrected chi connectivity index (χ2v) is 10.5. The molecule has 2 aromatic carbocycles. The first-order valence-corrected chi connectivity index (χ1v) is 11.3. The van der Waals surface area contributed by atoms with Gasteiger partial charge in [-0.15, -0.1) is 0 Å². The van der Waals surface area contributed by atoms with E-state index < -0.39 is 0 Å². The van der Waals surface area contributed by atoms with Crippen molar-refractivity contribution in [3.8, 4) is 0 Å². The van der Waals surface area contributed by atoms with Gasteiger partial charge in [0, 0.05) is 5.41 Å². The molecule has 0 amide bonds. The van der Waals surface area contributed by atoms with E-state index >= 15 is 0 Å². The maximum Gasteiger partial charge on any atom is 0.0251 e. The Morgan fingerprint density at radius 1 is 0.714 bits per heavy atom. The minimum atomic E-state index is 0.150. The molecule has 150 valence electrons. The summed E-state index contributed by atoms with van der Waals surface area (Å²) in [6, 6.07) is 10.2. The first kappa shape index (κ1) is 19.7. The van der Waals surface area contributed by atoms with Crippen LogP contribution in [0.5, 0.6) is 0 Å². The maximum absolute atomic E-state index is 2.56. The standard InChI is InChI=1S/C28H38/c1-10-26(8)16-28(24-14-19(5)17(3)12-22(24)26)21(7)27(9,11-2)23-13-18(4)20(6)15-25(23)28/h12-15,21H,10-11,16H2,1-9H3. The van der Waals surface area contributed by atoms with Crippen LogP contribution in [-0.4, -0.2) is 0 Å². The number of hydrogen-bond donors (Lipinski definition) is 0. The van der Waals surface area contributed by atoms with E-state index in [9.17, 15) is 0 Å². The molecule has 0 bridgehead atoms. The van der Waals surface area contributed by atoms with E-state index in [1.165, 1.54) is 41.5 Å². The maximum atomic E-state index is 2.56. The van der Waals surface area contributed by atoms with Crippen molar-refractivity contribution in [1.29, 1.82) is 0 Å². The van der Waals surface area contributed by atoms with E-state index in [0.29, 0.717) is 5.92 Å². The third kappa shape index (κ3) is 2.18. The van der Waals surface area contributed by atoms with Gasteiger partial charge in [0.25, 0.3) is 0 Å². The Morgan fingerprint density at radius 2 is 1.14 bits per heavy atom. The second-order valence-electron chi connectivity index (χ2n) is 10.5. The molecule has 1 spiro atoms. The molecule has 4 atom stereocenters. The van der Waals surface area contributed by atoms with E-state index in [1.54, 1.807) is 22.3 Å². The van der Waals surface area contributed by atoms with Crippen LogP contribution in [0.25, 0.3) is 0 Å². The average Bonchev–Trinajstić information content (AvgIpc) is 3.01. The highest BCUT2D eigenvalue weighted by Crippen LogP contribution is 2.67. The van der Waals surface area contributed by atoms with Crippen LogP contribution in [0, 0.1) is 33.6 Å². The first-order valence-electron chi connectivity index (χ1n) is 11.3. The van der Waals surface area contributed by atoms with Crippen LogP contribution in [0.1, 0.15) is 98.4 Å². The van der Waals surface area contributed by atoms with Crippen molar-refractivity contribution in [3.05, 3.63) is 68.8 Å². The summed E-state index contributed by atoms with van der Waals surface area (Å²) < 4.78 is 0. The van der Waals surface area contributed by atoms with Crippen LogP contribution in [0.2, 0.25) is 0 Å². The summed E-state index contributed by atoms with van der Waals surface area (Å²) in [5, 5.41) is 0. The fourth-order valence-electron chi connectivity index (χ4n) is 6.60. The van der Waals surface area contributed by atoms with Crippen LogP contribution < -0.4 is 0 Å². The fraction of sp³-hybridized carbons (Fsp3) is 0.571. The van der Waals surface area contributed by atoms with Gasteiger partial charge in [0.15, 0.2) is 0 Å². The first-order chi connectivity index (χ1) is 13.0. The lowest BCUT2D eigenvalue weighted by atomic mass is 9.63. The quantitative estimate of drug-likeness (QED) is 0.508. The Bertz CT molecular complexity index is 948. The van der Waals surface area contributed by atoms with E-state index in [0.717, 1.165) is 0 Å². The van der Waals surface area contributed by atoms with Crippen LogP contribution in [0.3, 0.4) is 0 Å². The number of fused-ring (bicyclic) bond motifs is 4. The van der Waals surface area contributed by atoms with Gasteiger partial charge < -0.3 is 0 Å². The predicted molar refractivity (Wildman–Crippen MR) is 122 cm³/mol. The van der Waals surface area contributed by atoms with Crippen molar-refractivity contribution in [2.45, 2.75) is 97.8 Å². The molecule has 28 heavy (non-hydrogen) atoms. The molecule has 0 heterocycles. The number of hydrogen-bond acceptors (Lipinski definition) is 0. The van der Waals surface area contributed by atoms with Gasteiger partial charge in [-0.05, 0) is 108 Å². The van der Waals surface area contributed by atoms with Gasteiger partial charge in [-0.1, -0.05) is 58.9 Å². The molecule has 0 radical (unpaired) electrons. The van der Waals surface area contributed by atoms with E-state index in [2.05, 4.69) is 86.6 Å². The zero-order valence-corrected chi connectivity index (χ0v) is 19.5. The highest BCUT2D eigenvalue weighted by Gasteiger charge is 2.61. The Hall–Kier alpha value is -1.56. The van der Waals surface area contributed by atoms with Crippen molar-refractivity contribution < 1.29 is 0 Å². The van der Waals surface area contributed by atoms with E-state index in [4.69, 9.17) is 0 Å². The molecule has 2 aliphatic carbocycles. The molecule has 0 fully saturated rings. The van der Waals surface area contributed by atoms with Gasteiger partial charge >= 0.3 is 0 Å². The molecular weight excluding hydrogens is 336 g/mol. The predicted octanol–water partition coefficient (Wildman–Crippen LogP) is 7.60. The molecule has 2 aliphatic rings. The SMILES string of the molecule is CCC1(C)CC2(c3cc(C)c(C)cc31)c1cc(C)c(C)cc1C(C)(CC)C2C. The summed E-state index contributed by atoms with van der Waals surface area (Å²) in [5.41, 5.74) is 12.9. The van der Waals surface area contributed by atoms with Crippen molar-refractivity contribution in [1.82, 2.24) is 0 Å². The topological polar surface area (TPSA) is 0 Å². The summed E-state index contributed by atoms with van der Waals surface area (Å²) in [4.78, 5) is 0. The van der Waals surface area contributed by atoms with Gasteiger partial charge in [0.2, 0.25) is 0 Å². The summed E-state index contributed by atoms with van der Waals surface area (Å²) in [7, 11) is 0. The lowest BCUT2D eigenvalue weighted by molar-refractivity contribution is 0.216. The zero-order chi connectivity index (χ0) is 20.6. The summed E-state index contributed by atoms with van der Waals surface area (Å²) in [6.07, 6.45) is 3.66. The van der Waals surface area contributed by atoms with Crippen molar-refractivity contribution >= 4 is 0 Å². The monoisotopic (exact) mass is 374 g/mol. The Kier molecular flexibility index (Phi) is 4.21. The number of rotatable bonds is 2. The smallest absolute Gasteiger partial charge is 0.0251 e. The number of benzene rings is 2. The van der Waals surface area contributed by atoms with Gasteiger partial charge in [-0.25, -0.2) is 0 Å². The molecule has 0 nitrogen and oxygen atoms in total. The Balaban J connectivity index is 2.13. The normalized spacial score (nSPS) is 33.4. The zero-order valence-electron chi connectivity index (χ0n) is 19.5. The van der Waals surface area contributed by atoms with E-state index in [-0.39, 0.29) is 16.2 Å². The highest BCUT2D eigenvalue weighted by molar-refractivity contribution is 5.63. The summed E-state index contributed by atoms with van der Waals surface area (Å²) in [6.45, 7) is 21.5. The van der Waals surface area contributed by atoms with Crippen LogP contribution in [0.4, 0.5) is 0 Å². The molecule has 0 saturated carbocycles. The van der Waals surface area contributed by atoms with Crippen molar-refractivity contribution in [3.63, 3.8) is 0 Å². The van der Waals surface area contributed by atoms with Gasteiger partial charge in [0.05, 0.1) is 0 Å². The minimum absolute atomic E-state index is 0.150. The molecule has 0 saturated heterocycles. The molecule has 4 unspecified atom stereocenters. The Labute approximate surface area is 172 Å². The van der Waals surface area contributed by atoms with Crippen molar-refractivity contribution in [2.24, 2.45) is 5.92 Å². The van der Waals surface area contributed by atoms with Gasteiger partial charge in [0.1, 0.15) is 0 Å². The second kappa shape index (κ2) is 5.97. The number of aryl methyl sites for hydroxylation is 4. The summed E-state index contributed by atoms with van der Waals surface area (Å²) >= 11 is 0. The molecule has 0 N–H and O–H groups in total. The largest absolute Gasteiger partial charge is 0.0645 e. The summed E-state index contributed by atoms with van der Waals surface area (Å²) in [5.74, 6) is 0.607. The fourth-order valence-corrected chi connectivity index (χ4v) is 6.60. The third-order valence-electron chi connectivity index (χ3n) is 9.37. The molecule has 0 aliphatic heterocycles. The molecule has 0 aromatic heterocycles. The van der Waals surface area contributed by atoms with Crippen LogP contribution in [-0.2, 0) is 16.2 Å². The molecular formula is C28H38. The highest BCUT2D eigenvalue weighted by atomic mass is 14.6. The van der Waals surface area contributed by atoms with Crippen molar-refractivity contribution in [2.75, 3.05) is 0 Å². The van der Waals surface area contributed by atoms with Gasteiger partial charge in [-0.2, -0.15) is 0 Å². The average molecular weight is 375 g/mol. The van der Waals surface area contributed by atoms with Gasteiger partial charge in [-0.3, -0.25) is 0 Å². The third-order valence-corrected chi connectivity index (χ3v) is 9.37. The van der Waals surface area contributed by atoms with Crippen LogP contribution in [0.15, 0.2) is 24.3 Å². The lowest BCUT2D eigenvalue weighted by Crippen LogP contribution is -2.38. The molecule has 0 heteroatoms. The Morgan fingerprint density at radius 3 is 1.61 bits per heavy atom.